The number of nitrogens with zero attached hydrogens (tertiary/aromatic N) is 3. The first-order valence-electron chi connectivity index (χ1n) is 6.47. The zero-order valence-electron chi connectivity index (χ0n) is 12.5. The summed E-state index contributed by atoms with van der Waals surface area (Å²) in [5, 5.41) is 5.66. The van der Waals surface area contributed by atoms with Crippen molar-refractivity contribution in [2.75, 3.05) is 41.8 Å². The third-order valence-electron chi connectivity index (χ3n) is 3.05. The Kier molecular flexibility index (Phi) is 4.36. The molecule has 0 saturated heterocycles. The van der Waals surface area contributed by atoms with Crippen LogP contribution in [0.4, 0.5) is 23.3 Å². The molecule has 1 aromatic carbocycles. The first-order valence-corrected chi connectivity index (χ1v) is 7.91. The van der Waals surface area contributed by atoms with E-state index in [1.807, 2.05) is 0 Å². The first kappa shape index (κ1) is 15.8. The number of anilines is 4. The fourth-order valence-electron chi connectivity index (χ4n) is 1.76. The second kappa shape index (κ2) is 6.06. The number of nitrogens with one attached hydrogen (secondary N) is 2. The number of benzene rings is 1. The van der Waals surface area contributed by atoms with Gasteiger partial charge in [0.25, 0.3) is 10.0 Å². The highest BCUT2D eigenvalue weighted by atomic mass is 32.2. The van der Waals surface area contributed by atoms with Crippen LogP contribution in [0.5, 0.6) is 0 Å². The second-order valence-electron chi connectivity index (χ2n) is 4.48. The van der Waals surface area contributed by atoms with Gasteiger partial charge < -0.3 is 16.4 Å². The predicted octanol–water partition coefficient (Wildman–Crippen LogP) is 0.967. The van der Waals surface area contributed by atoms with Crippen LogP contribution < -0.4 is 20.7 Å². The van der Waals surface area contributed by atoms with Gasteiger partial charge >= 0.3 is 0 Å². The Morgan fingerprint density at radius 3 is 2.27 bits per heavy atom. The van der Waals surface area contributed by atoms with Gasteiger partial charge in [-0.25, -0.2) is 8.42 Å². The van der Waals surface area contributed by atoms with Gasteiger partial charge in [0.15, 0.2) is 0 Å². The maximum absolute atomic E-state index is 12.6. The van der Waals surface area contributed by atoms with Gasteiger partial charge in [0, 0.05) is 32.9 Å². The van der Waals surface area contributed by atoms with E-state index >= 15 is 0 Å². The summed E-state index contributed by atoms with van der Waals surface area (Å²) in [4.78, 5) is 8.46. The largest absolute Gasteiger partial charge is 0.399 e. The molecule has 4 N–H and O–H groups in total. The SMILES string of the molecule is CNc1cc(N(C)S(=O)(=O)c2ccc(N)cc2)nc(NC)n1. The Morgan fingerprint density at radius 1 is 1.09 bits per heavy atom. The summed E-state index contributed by atoms with van der Waals surface area (Å²) in [5.74, 6) is 1.08. The van der Waals surface area contributed by atoms with E-state index in [-0.39, 0.29) is 10.7 Å². The van der Waals surface area contributed by atoms with Gasteiger partial charge in [-0.15, -0.1) is 0 Å². The summed E-state index contributed by atoms with van der Waals surface area (Å²) in [6.45, 7) is 0. The zero-order valence-corrected chi connectivity index (χ0v) is 13.3. The van der Waals surface area contributed by atoms with Crippen molar-refractivity contribution >= 4 is 33.3 Å². The molecule has 0 aliphatic heterocycles. The predicted molar refractivity (Wildman–Crippen MR) is 87.6 cm³/mol. The molecule has 0 fully saturated rings. The lowest BCUT2D eigenvalue weighted by Gasteiger charge is -2.19. The van der Waals surface area contributed by atoms with Crippen LogP contribution in [-0.4, -0.2) is 39.5 Å². The molecule has 0 unspecified atom stereocenters. The molecular weight excluding hydrogens is 304 g/mol. The molecule has 0 aliphatic carbocycles. The van der Waals surface area contributed by atoms with Crippen molar-refractivity contribution in [1.82, 2.24) is 9.97 Å². The fourth-order valence-corrected chi connectivity index (χ4v) is 2.89. The van der Waals surface area contributed by atoms with Crippen LogP contribution in [0.25, 0.3) is 0 Å². The van der Waals surface area contributed by atoms with Crippen LogP contribution in [-0.2, 0) is 10.0 Å². The first-order chi connectivity index (χ1) is 10.4. The summed E-state index contributed by atoms with van der Waals surface area (Å²) in [6, 6.07) is 7.55. The molecule has 0 amide bonds. The molecule has 2 rings (SSSR count). The van der Waals surface area contributed by atoms with E-state index in [2.05, 4.69) is 20.6 Å². The summed E-state index contributed by atoms with van der Waals surface area (Å²) in [7, 11) is 1.06. The van der Waals surface area contributed by atoms with Crippen LogP contribution in [0.1, 0.15) is 0 Å². The van der Waals surface area contributed by atoms with Crippen molar-refractivity contribution in [3.63, 3.8) is 0 Å². The second-order valence-corrected chi connectivity index (χ2v) is 6.45. The zero-order chi connectivity index (χ0) is 16.3. The van der Waals surface area contributed by atoms with Gasteiger partial charge in [-0.1, -0.05) is 0 Å². The van der Waals surface area contributed by atoms with Crippen molar-refractivity contribution in [3.8, 4) is 0 Å². The molecule has 22 heavy (non-hydrogen) atoms. The molecule has 9 heteroatoms. The lowest BCUT2D eigenvalue weighted by Crippen LogP contribution is -2.27. The van der Waals surface area contributed by atoms with Gasteiger partial charge in [-0.2, -0.15) is 9.97 Å². The van der Waals surface area contributed by atoms with Crippen molar-refractivity contribution in [1.29, 1.82) is 0 Å². The van der Waals surface area contributed by atoms with Crippen LogP contribution in [0.3, 0.4) is 0 Å². The Balaban J connectivity index is 2.46. The van der Waals surface area contributed by atoms with Crippen molar-refractivity contribution in [2.45, 2.75) is 4.90 Å². The van der Waals surface area contributed by atoms with Gasteiger partial charge in [0.05, 0.1) is 4.90 Å². The summed E-state index contributed by atoms with van der Waals surface area (Å²) < 4.78 is 26.4. The highest BCUT2D eigenvalue weighted by Crippen LogP contribution is 2.23. The van der Waals surface area contributed by atoms with E-state index in [4.69, 9.17) is 5.73 Å². The van der Waals surface area contributed by atoms with Gasteiger partial charge in [0.2, 0.25) is 5.95 Å². The Morgan fingerprint density at radius 2 is 1.73 bits per heavy atom. The molecule has 0 atom stereocenters. The molecule has 1 heterocycles. The number of nitrogen functional groups attached to an aromatic ring is 1. The lowest BCUT2D eigenvalue weighted by molar-refractivity contribution is 0.594. The Hall–Kier alpha value is -2.55. The van der Waals surface area contributed by atoms with Crippen LogP contribution in [0.15, 0.2) is 35.2 Å². The van der Waals surface area contributed by atoms with E-state index < -0.39 is 10.0 Å². The highest BCUT2D eigenvalue weighted by molar-refractivity contribution is 7.92. The topological polar surface area (TPSA) is 113 Å². The molecule has 0 spiro atoms. The monoisotopic (exact) mass is 322 g/mol. The van der Waals surface area contributed by atoms with Crippen molar-refractivity contribution in [3.05, 3.63) is 30.3 Å². The fraction of sp³-hybridized carbons (Fsp3) is 0.231. The number of hydrogen-bond acceptors (Lipinski definition) is 7. The molecule has 118 valence electrons. The van der Waals surface area contributed by atoms with Gasteiger partial charge in [-0.3, -0.25) is 4.31 Å². The van der Waals surface area contributed by atoms with Crippen LogP contribution in [0, 0.1) is 0 Å². The van der Waals surface area contributed by atoms with Crippen LogP contribution in [0.2, 0.25) is 0 Å². The lowest BCUT2D eigenvalue weighted by atomic mass is 10.3. The molecule has 0 radical (unpaired) electrons. The summed E-state index contributed by atoms with van der Waals surface area (Å²) >= 11 is 0. The minimum absolute atomic E-state index is 0.139. The van der Waals surface area contributed by atoms with Gasteiger partial charge in [-0.05, 0) is 24.3 Å². The third kappa shape index (κ3) is 3.03. The molecule has 8 nitrogen and oxygen atoms in total. The number of sulfonamides is 1. The van der Waals surface area contributed by atoms with Crippen molar-refractivity contribution < 1.29 is 8.42 Å². The standard InChI is InChI=1S/C13H18N6O2S/c1-15-11-8-12(18-13(16-2)17-11)19(3)22(20,21)10-6-4-9(14)5-7-10/h4-8H,14H2,1-3H3,(H2,15,16,17,18). The Labute approximate surface area is 129 Å². The van der Waals surface area contributed by atoms with E-state index in [1.54, 1.807) is 32.3 Å². The van der Waals surface area contributed by atoms with E-state index in [0.717, 1.165) is 4.31 Å². The molecule has 0 bridgehead atoms. The summed E-state index contributed by atoms with van der Waals surface area (Å²) in [5.41, 5.74) is 6.09. The number of rotatable bonds is 5. The molecule has 2 aromatic rings. The summed E-state index contributed by atoms with van der Waals surface area (Å²) in [6.07, 6.45) is 0. The van der Waals surface area contributed by atoms with E-state index in [1.165, 1.54) is 19.2 Å². The normalized spacial score (nSPS) is 11.0. The number of aromatic nitrogens is 2. The molecule has 1 aromatic heterocycles. The number of nitrogens with two attached hydrogens (primary N) is 1. The van der Waals surface area contributed by atoms with E-state index in [9.17, 15) is 8.42 Å². The van der Waals surface area contributed by atoms with E-state index in [0.29, 0.717) is 17.5 Å². The van der Waals surface area contributed by atoms with Crippen molar-refractivity contribution in [2.24, 2.45) is 0 Å². The Bertz CT molecular complexity index is 738. The molecule has 0 aliphatic rings. The maximum Gasteiger partial charge on any atom is 0.265 e. The highest BCUT2D eigenvalue weighted by Gasteiger charge is 2.23. The quantitative estimate of drug-likeness (QED) is 0.703. The van der Waals surface area contributed by atoms with Gasteiger partial charge in [0.1, 0.15) is 11.6 Å². The molecular formula is C13H18N6O2S. The third-order valence-corrected chi connectivity index (χ3v) is 4.83. The average molecular weight is 322 g/mol. The average Bonchev–Trinajstić information content (AvgIpc) is 2.53. The number of hydrogen-bond donors (Lipinski definition) is 3. The minimum atomic E-state index is -3.73. The minimum Gasteiger partial charge on any atom is -0.399 e. The van der Waals surface area contributed by atoms with Crippen LogP contribution >= 0.6 is 0 Å². The smallest absolute Gasteiger partial charge is 0.265 e. The maximum atomic E-state index is 12.6. The molecule has 0 saturated carbocycles.